The van der Waals surface area contributed by atoms with E-state index in [9.17, 15) is 0 Å². The van der Waals surface area contributed by atoms with E-state index in [2.05, 4.69) is 6.07 Å². The molecule has 0 heterocycles. The van der Waals surface area contributed by atoms with Crippen molar-refractivity contribution in [3.05, 3.63) is 64.2 Å². The van der Waals surface area contributed by atoms with E-state index in [0.717, 1.165) is 28.9 Å². The molecule has 0 aliphatic carbocycles. The number of hydrogen-bond acceptors (Lipinski definition) is 2. The molecule has 3 heteroatoms. The molecule has 0 unspecified atom stereocenters. The second kappa shape index (κ2) is 6.60. The van der Waals surface area contributed by atoms with Crippen molar-refractivity contribution in [2.45, 2.75) is 20.0 Å². The molecule has 0 fully saturated rings. The Kier molecular flexibility index (Phi) is 4.83. The van der Waals surface area contributed by atoms with Crippen LogP contribution in [0.5, 0.6) is 5.75 Å². The summed E-state index contributed by atoms with van der Waals surface area (Å²) in [6, 6.07) is 14.1. The molecule has 0 aliphatic rings. The molecule has 2 rings (SSSR count). The summed E-state index contributed by atoms with van der Waals surface area (Å²) in [5.74, 6) is 0.756. The molecule has 2 aromatic carbocycles. The van der Waals surface area contributed by atoms with Crippen molar-refractivity contribution in [3.63, 3.8) is 0 Å². The van der Waals surface area contributed by atoms with E-state index in [4.69, 9.17) is 22.1 Å². The quantitative estimate of drug-likeness (QED) is 0.902. The van der Waals surface area contributed by atoms with Gasteiger partial charge in [0, 0.05) is 0 Å². The van der Waals surface area contributed by atoms with E-state index in [0.29, 0.717) is 18.2 Å². The molecule has 0 spiro atoms. The number of ether oxygens (including phenoxy) is 1. The maximum Gasteiger partial charge on any atom is 0.141 e. The van der Waals surface area contributed by atoms with Crippen LogP contribution in [0, 0.1) is 6.92 Å². The molecule has 0 aromatic heterocycles. The van der Waals surface area contributed by atoms with E-state index >= 15 is 0 Å². The van der Waals surface area contributed by atoms with E-state index < -0.39 is 0 Å². The number of rotatable bonds is 5. The van der Waals surface area contributed by atoms with Gasteiger partial charge in [0.15, 0.2) is 0 Å². The average Bonchev–Trinajstić information content (AvgIpc) is 2.39. The molecule has 0 bridgehead atoms. The minimum Gasteiger partial charge on any atom is -0.487 e. The van der Waals surface area contributed by atoms with Gasteiger partial charge in [-0.25, -0.2) is 0 Å². The largest absolute Gasteiger partial charge is 0.487 e. The molecular formula is C16H18ClNO. The molecule has 0 amide bonds. The average molecular weight is 276 g/mol. The highest BCUT2D eigenvalue weighted by Gasteiger charge is 2.08. The van der Waals surface area contributed by atoms with Gasteiger partial charge in [-0.3, -0.25) is 0 Å². The lowest BCUT2D eigenvalue weighted by Gasteiger charge is -2.13. The van der Waals surface area contributed by atoms with Crippen LogP contribution < -0.4 is 10.5 Å². The first-order valence-corrected chi connectivity index (χ1v) is 6.74. The molecule has 0 radical (unpaired) electrons. The number of nitrogens with two attached hydrogens (primary N) is 1. The molecule has 0 saturated carbocycles. The predicted molar refractivity (Wildman–Crippen MR) is 79.7 cm³/mol. The Labute approximate surface area is 119 Å². The Balaban J connectivity index is 2.12. The van der Waals surface area contributed by atoms with Crippen molar-refractivity contribution in [2.75, 3.05) is 6.54 Å². The van der Waals surface area contributed by atoms with Crippen LogP contribution in [-0.2, 0) is 13.0 Å². The number of aryl methyl sites for hydroxylation is 1. The van der Waals surface area contributed by atoms with Crippen LogP contribution in [0.3, 0.4) is 0 Å². The van der Waals surface area contributed by atoms with Crippen molar-refractivity contribution in [3.8, 4) is 5.75 Å². The van der Waals surface area contributed by atoms with Gasteiger partial charge in [0.1, 0.15) is 12.4 Å². The zero-order valence-electron chi connectivity index (χ0n) is 11.0. The molecular weight excluding hydrogens is 258 g/mol. The van der Waals surface area contributed by atoms with Crippen molar-refractivity contribution >= 4 is 11.6 Å². The minimum absolute atomic E-state index is 0.525. The fraction of sp³-hybridized carbons (Fsp3) is 0.250. The van der Waals surface area contributed by atoms with Gasteiger partial charge >= 0.3 is 0 Å². The summed E-state index contributed by atoms with van der Waals surface area (Å²) >= 11 is 6.27. The smallest absolute Gasteiger partial charge is 0.141 e. The number of halogens is 1. The van der Waals surface area contributed by atoms with E-state index in [1.807, 2.05) is 43.3 Å². The standard InChI is InChI=1S/C16H18ClNO/c1-12-9-14(7-8-18)10-15(17)16(12)19-11-13-5-3-2-4-6-13/h2-6,9-10H,7-8,11,18H2,1H3. The van der Waals surface area contributed by atoms with Crippen molar-refractivity contribution in [2.24, 2.45) is 5.73 Å². The van der Waals surface area contributed by atoms with Crippen molar-refractivity contribution in [1.29, 1.82) is 0 Å². The van der Waals surface area contributed by atoms with Crippen LogP contribution in [0.2, 0.25) is 5.02 Å². The zero-order valence-corrected chi connectivity index (χ0v) is 11.8. The van der Waals surface area contributed by atoms with Gasteiger partial charge in [-0.1, -0.05) is 48.0 Å². The molecule has 19 heavy (non-hydrogen) atoms. The van der Waals surface area contributed by atoms with Crippen LogP contribution in [0.15, 0.2) is 42.5 Å². The minimum atomic E-state index is 0.525. The summed E-state index contributed by atoms with van der Waals surface area (Å²) in [5, 5.41) is 0.652. The third-order valence-corrected chi connectivity index (χ3v) is 3.23. The third-order valence-electron chi connectivity index (χ3n) is 2.95. The molecule has 2 aromatic rings. The van der Waals surface area contributed by atoms with E-state index in [-0.39, 0.29) is 0 Å². The normalized spacial score (nSPS) is 10.5. The maximum absolute atomic E-state index is 6.27. The predicted octanol–water partition coefficient (Wildman–Crippen LogP) is 3.73. The van der Waals surface area contributed by atoms with Gasteiger partial charge in [-0.2, -0.15) is 0 Å². The second-order valence-corrected chi connectivity index (χ2v) is 4.94. The Morgan fingerprint density at radius 1 is 1.11 bits per heavy atom. The van der Waals surface area contributed by atoms with Crippen molar-refractivity contribution < 1.29 is 4.74 Å². The first kappa shape index (κ1) is 13.9. The zero-order chi connectivity index (χ0) is 13.7. The van der Waals surface area contributed by atoms with Gasteiger partial charge in [-0.05, 0) is 42.6 Å². The summed E-state index contributed by atoms with van der Waals surface area (Å²) in [6.45, 7) is 3.16. The fourth-order valence-corrected chi connectivity index (χ4v) is 2.37. The van der Waals surface area contributed by atoms with Crippen LogP contribution in [0.25, 0.3) is 0 Å². The lowest BCUT2D eigenvalue weighted by atomic mass is 10.1. The van der Waals surface area contributed by atoms with Gasteiger partial charge < -0.3 is 10.5 Å². The summed E-state index contributed by atoms with van der Waals surface area (Å²) < 4.78 is 5.82. The lowest BCUT2D eigenvalue weighted by molar-refractivity contribution is 0.304. The summed E-state index contributed by atoms with van der Waals surface area (Å²) in [5.41, 5.74) is 8.89. The lowest BCUT2D eigenvalue weighted by Crippen LogP contribution is -2.04. The van der Waals surface area contributed by atoms with Gasteiger partial charge in [0.2, 0.25) is 0 Å². The Bertz CT molecular complexity index is 517. The Morgan fingerprint density at radius 2 is 1.84 bits per heavy atom. The summed E-state index contributed by atoms with van der Waals surface area (Å²) in [6.07, 6.45) is 0.833. The van der Waals surface area contributed by atoms with E-state index in [1.54, 1.807) is 0 Å². The van der Waals surface area contributed by atoms with Gasteiger partial charge in [0.25, 0.3) is 0 Å². The van der Waals surface area contributed by atoms with Crippen LogP contribution in [0.4, 0.5) is 0 Å². The topological polar surface area (TPSA) is 35.2 Å². The van der Waals surface area contributed by atoms with Crippen molar-refractivity contribution in [1.82, 2.24) is 0 Å². The molecule has 2 N–H and O–H groups in total. The number of benzene rings is 2. The summed E-state index contributed by atoms with van der Waals surface area (Å²) in [7, 11) is 0. The molecule has 100 valence electrons. The highest BCUT2D eigenvalue weighted by molar-refractivity contribution is 6.32. The SMILES string of the molecule is Cc1cc(CCN)cc(Cl)c1OCc1ccccc1. The number of hydrogen-bond donors (Lipinski definition) is 1. The van der Waals surface area contributed by atoms with Crippen LogP contribution in [0.1, 0.15) is 16.7 Å². The maximum atomic E-state index is 6.27. The molecule has 0 atom stereocenters. The first-order valence-electron chi connectivity index (χ1n) is 6.36. The highest BCUT2D eigenvalue weighted by Crippen LogP contribution is 2.30. The Hall–Kier alpha value is -1.51. The third kappa shape index (κ3) is 3.72. The molecule has 2 nitrogen and oxygen atoms in total. The molecule has 0 saturated heterocycles. The highest BCUT2D eigenvalue weighted by atomic mass is 35.5. The van der Waals surface area contributed by atoms with E-state index in [1.165, 1.54) is 0 Å². The van der Waals surface area contributed by atoms with Crippen LogP contribution >= 0.6 is 11.6 Å². The van der Waals surface area contributed by atoms with Gasteiger partial charge in [-0.15, -0.1) is 0 Å². The first-order chi connectivity index (χ1) is 9.20. The Morgan fingerprint density at radius 3 is 2.47 bits per heavy atom. The van der Waals surface area contributed by atoms with Gasteiger partial charge in [0.05, 0.1) is 5.02 Å². The summed E-state index contributed by atoms with van der Waals surface area (Å²) in [4.78, 5) is 0. The molecule has 0 aliphatic heterocycles. The fourth-order valence-electron chi connectivity index (χ4n) is 2.03. The monoisotopic (exact) mass is 275 g/mol. The second-order valence-electron chi connectivity index (χ2n) is 4.54. The van der Waals surface area contributed by atoms with Crippen LogP contribution in [-0.4, -0.2) is 6.54 Å².